The van der Waals surface area contributed by atoms with Crippen molar-refractivity contribution in [2.45, 2.75) is 25.4 Å². The van der Waals surface area contributed by atoms with Crippen molar-refractivity contribution in [1.29, 1.82) is 0 Å². The summed E-state index contributed by atoms with van der Waals surface area (Å²) in [5.74, 6) is -0.181. The normalized spacial score (nSPS) is 15.7. The fourth-order valence-electron chi connectivity index (χ4n) is 3.64. The number of carbonyl (C=O) groups is 2. The Bertz CT molecular complexity index is 1160. The molecule has 1 saturated heterocycles. The molecule has 2 amide bonds. The first-order chi connectivity index (χ1) is 16.3. The van der Waals surface area contributed by atoms with Gasteiger partial charge in [0.2, 0.25) is 11.8 Å². The number of alkyl halides is 3. The highest BCUT2D eigenvalue weighted by Gasteiger charge is 2.29. The lowest BCUT2D eigenvalue weighted by Crippen LogP contribution is -2.24. The summed E-state index contributed by atoms with van der Waals surface area (Å²) in [5.41, 5.74) is 2.12. The van der Waals surface area contributed by atoms with Crippen LogP contribution < -0.4 is 15.4 Å². The Labute approximate surface area is 193 Å². The largest absolute Gasteiger partial charge is 0.494 e. The molecule has 1 aliphatic rings. The first-order valence-electron chi connectivity index (χ1n) is 10.8. The number of carbonyl (C=O) groups excluding carboxylic acids is 2. The van der Waals surface area contributed by atoms with Crippen LogP contribution in [0.15, 0.2) is 60.7 Å². The zero-order valence-corrected chi connectivity index (χ0v) is 18.1. The second-order valence-corrected chi connectivity index (χ2v) is 7.95. The van der Waals surface area contributed by atoms with Crippen molar-refractivity contribution in [2.75, 3.05) is 18.5 Å². The molecule has 0 spiro atoms. The van der Waals surface area contributed by atoms with E-state index in [2.05, 4.69) is 15.7 Å². The van der Waals surface area contributed by atoms with Gasteiger partial charge in [0, 0.05) is 31.0 Å². The number of rotatable bonds is 8. The summed E-state index contributed by atoms with van der Waals surface area (Å²) in [7, 11) is 0. The lowest BCUT2D eigenvalue weighted by molar-refractivity contribution is -0.136. The number of para-hydroxylation sites is 1. The van der Waals surface area contributed by atoms with Gasteiger partial charge >= 0.3 is 6.18 Å². The maximum absolute atomic E-state index is 12.6. The minimum absolute atomic E-state index is 0.0592. The first-order valence-corrected chi connectivity index (χ1v) is 10.8. The molecule has 0 unspecified atom stereocenters. The van der Waals surface area contributed by atoms with E-state index in [0.717, 1.165) is 5.69 Å². The van der Waals surface area contributed by atoms with Crippen LogP contribution in [-0.2, 0) is 9.59 Å². The van der Waals surface area contributed by atoms with Gasteiger partial charge in [-0.1, -0.05) is 30.3 Å². The van der Waals surface area contributed by atoms with E-state index < -0.39 is 18.5 Å². The molecule has 1 atom stereocenters. The van der Waals surface area contributed by atoms with Crippen LogP contribution in [0.2, 0.25) is 0 Å². The molecule has 1 aromatic heterocycles. The molecule has 2 N–H and O–H groups in total. The third-order valence-electron chi connectivity index (χ3n) is 5.31. The minimum atomic E-state index is -4.21. The van der Waals surface area contributed by atoms with Gasteiger partial charge in [0.25, 0.3) is 0 Å². The zero-order valence-electron chi connectivity index (χ0n) is 18.1. The summed E-state index contributed by atoms with van der Waals surface area (Å²) in [4.78, 5) is 24.0. The Morgan fingerprint density at radius 3 is 2.65 bits per heavy atom. The molecule has 2 aromatic carbocycles. The molecular weight excluding hydrogens is 449 g/mol. The summed E-state index contributed by atoms with van der Waals surface area (Å²) in [6, 6.07) is 18.0. The van der Waals surface area contributed by atoms with Gasteiger partial charge < -0.3 is 15.4 Å². The Kier molecular flexibility index (Phi) is 6.85. The Balaban J connectivity index is 1.56. The van der Waals surface area contributed by atoms with Crippen molar-refractivity contribution in [3.63, 3.8) is 0 Å². The van der Waals surface area contributed by atoms with E-state index in [1.54, 1.807) is 28.9 Å². The standard InChI is InChI=1S/C24H23F3N4O3/c25-24(26,27)10-5-11-34-19-9-4-6-16(12-19)20-14-21(29-23(33)17-13-22(32)28-15-17)30-31(20)18-7-2-1-3-8-18/h1-4,6-9,12,14,17H,5,10-11,13,15H2,(H,28,32)(H,29,30,33)/t17-/m0/s1. The number of benzene rings is 2. The van der Waals surface area contributed by atoms with E-state index in [1.807, 2.05) is 36.4 Å². The number of anilines is 1. The van der Waals surface area contributed by atoms with Gasteiger partial charge in [-0.25, -0.2) is 4.68 Å². The molecule has 34 heavy (non-hydrogen) atoms. The van der Waals surface area contributed by atoms with E-state index in [9.17, 15) is 22.8 Å². The molecule has 1 aliphatic heterocycles. The van der Waals surface area contributed by atoms with Crippen molar-refractivity contribution in [2.24, 2.45) is 5.92 Å². The number of amides is 2. The Morgan fingerprint density at radius 1 is 1.15 bits per heavy atom. The highest BCUT2D eigenvalue weighted by Crippen LogP contribution is 2.29. The molecule has 0 bridgehead atoms. The van der Waals surface area contributed by atoms with Gasteiger partial charge in [0.1, 0.15) is 5.75 Å². The number of aromatic nitrogens is 2. The Morgan fingerprint density at radius 2 is 1.94 bits per heavy atom. The van der Waals surface area contributed by atoms with Crippen LogP contribution in [0.25, 0.3) is 16.9 Å². The van der Waals surface area contributed by atoms with Crippen LogP contribution in [0.5, 0.6) is 5.75 Å². The van der Waals surface area contributed by atoms with Gasteiger partial charge in [0.15, 0.2) is 5.82 Å². The smallest absolute Gasteiger partial charge is 0.389 e. The summed E-state index contributed by atoms with van der Waals surface area (Å²) in [6.07, 6.45) is -5.12. The fraction of sp³-hybridized carbons (Fsp3) is 0.292. The molecule has 1 fully saturated rings. The highest BCUT2D eigenvalue weighted by atomic mass is 19.4. The van der Waals surface area contributed by atoms with E-state index in [0.29, 0.717) is 22.8 Å². The summed E-state index contributed by atoms with van der Waals surface area (Å²) in [6.45, 7) is 0.223. The molecule has 0 aliphatic carbocycles. The van der Waals surface area contributed by atoms with Gasteiger partial charge in [-0.05, 0) is 30.7 Å². The SMILES string of the molecule is O=C1C[C@H](C(=O)Nc2cc(-c3cccc(OCCCC(F)(F)F)c3)n(-c3ccccc3)n2)CN1. The van der Waals surface area contributed by atoms with Crippen molar-refractivity contribution in [1.82, 2.24) is 15.1 Å². The highest BCUT2D eigenvalue weighted by molar-refractivity contribution is 5.97. The summed E-state index contributed by atoms with van der Waals surface area (Å²) in [5, 5.41) is 9.95. The van der Waals surface area contributed by atoms with Crippen molar-refractivity contribution < 1.29 is 27.5 Å². The zero-order chi connectivity index (χ0) is 24.1. The van der Waals surface area contributed by atoms with Crippen molar-refractivity contribution in [3.05, 3.63) is 60.7 Å². The predicted octanol–water partition coefficient (Wildman–Crippen LogP) is 4.34. The molecule has 0 radical (unpaired) electrons. The van der Waals surface area contributed by atoms with E-state index in [-0.39, 0.29) is 37.8 Å². The topological polar surface area (TPSA) is 85.2 Å². The molecule has 0 saturated carbocycles. The van der Waals surface area contributed by atoms with Crippen LogP contribution in [0, 0.1) is 5.92 Å². The number of halogens is 3. The van der Waals surface area contributed by atoms with E-state index in [1.165, 1.54) is 0 Å². The third kappa shape index (κ3) is 5.94. The average molecular weight is 472 g/mol. The van der Waals surface area contributed by atoms with Crippen molar-refractivity contribution >= 4 is 17.6 Å². The van der Waals surface area contributed by atoms with Crippen LogP contribution in [0.1, 0.15) is 19.3 Å². The molecule has 7 nitrogen and oxygen atoms in total. The molecule has 4 rings (SSSR count). The monoisotopic (exact) mass is 472 g/mol. The molecular formula is C24H23F3N4O3. The fourth-order valence-corrected chi connectivity index (χ4v) is 3.64. The lowest BCUT2D eigenvalue weighted by atomic mass is 10.1. The second-order valence-electron chi connectivity index (χ2n) is 7.95. The third-order valence-corrected chi connectivity index (χ3v) is 5.31. The minimum Gasteiger partial charge on any atom is -0.494 e. The van der Waals surface area contributed by atoms with Gasteiger partial charge in [-0.2, -0.15) is 13.2 Å². The summed E-state index contributed by atoms with van der Waals surface area (Å²) >= 11 is 0. The molecule has 3 aromatic rings. The Hall–Kier alpha value is -3.82. The molecule has 178 valence electrons. The quantitative estimate of drug-likeness (QED) is 0.478. The van der Waals surface area contributed by atoms with Gasteiger partial charge in [-0.3, -0.25) is 9.59 Å². The van der Waals surface area contributed by atoms with Crippen LogP contribution in [-0.4, -0.2) is 40.9 Å². The van der Waals surface area contributed by atoms with Crippen LogP contribution in [0.3, 0.4) is 0 Å². The maximum atomic E-state index is 12.6. The van der Waals surface area contributed by atoms with E-state index >= 15 is 0 Å². The molecule has 10 heteroatoms. The molecule has 2 heterocycles. The first kappa shape index (κ1) is 23.3. The number of hydrogen-bond donors (Lipinski definition) is 2. The van der Waals surface area contributed by atoms with Gasteiger partial charge in [-0.15, -0.1) is 5.10 Å². The summed E-state index contributed by atoms with van der Waals surface area (Å²) < 4.78 is 44.3. The van der Waals surface area contributed by atoms with E-state index in [4.69, 9.17) is 4.74 Å². The maximum Gasteiger partial charge on any atom is 0.389 e. The second kappa shape index (κ2) is 9.98. The number of hydrogen-bond acceptors (Lipinski definition) is 4. The lowest BCUT2D eigenvalue weighted by Gasteiger charge is -2.11. The van der Waals surface area contributed by atoms with Crippen LogP contribution >= 0.6 is 0 Å². The number of nitrogens with zero attached hydrogens (tertiary/aromatic N) is 2. The van der Waals surface area contributed by atoms with Crippen LogP contribution in [0.4, 0.5) is 19.0 Å². The van der Waals surface area contributed by atoms with Crippen molar-refractivity contribution in [3.8, 4) is 22.7 Å². The average Bonchev–Trinajstić information content (AvgIpc) is 3.43. The number of nitrogens with one attached hydrogen (secondary N) is 2. The predicted molar refractivity (Wildman–Crippen MR) is 120 cm³/mol. The van der Waals surface area contributed by atoms with Gasteiger partial charge in [0.05, 0.1) is 23.9 Å². The number of ether oxygens (including phenoxy) is 1.